The van der Waals surface area contributed by atoms with Crippen molar-refractivity contribution in [2.24, 2.45) is 0 Å². The molecule has 0 atom stereocenters. The molecule has 1 aromatic rings. The van der Waals surface area contributed by atoms with Gasteiger partial charge in [0.25, 0.3) is 0 Å². The molecule has 0 amide bonds. The van der Waals surface area contributed by atoms with Gasteiger partial charge >= 0.3 is 29.6 Å². The summed E-state index contributed by atoms with van der Waals surface area (Å²) in [6.45, 7) is 0. The van der Waals surface area contributed by atoms with Crippen LogP contribution < -0.4 is 34.7 Å². The number of rotatable bonds is 2. The Balaban J connectivity index is 0.00000121. The molecule has 0 aromatic carbocycles. The van der Waals surface area contributed by atoms with E-state index in [1.807, 2.05) is 0 Å². The smallest absolute Gasteiger partial charge is 0.878 e. The zero-order valence-corrected chi connectivity index (χ0v) is 8.73. The Labute approximate surface area is 92.4 Å². The van der Waals surface area contributed by atoms with E-state index in [2.05, 4.69) is 4.98 Å². The summed E-state index contributed by atoms with van der Waals surface area (Å²) < 4.78 is 0. The monoisotopic (exact) mass is 171 g/mol. The van der Waals surface area contributed by atoms with Crippen molar-refractivity contribution in [3.05, 3.63) is 42.4 Å². The quantitative estimate of drug-likeness (QED) is 0.208. The minimum absolute atomic E-state index is 0. The van der Waals surface area contributed by atoms with E-state index in [0.717, 1.165) is 6.08 Å². The van der Waals surface area contributed by atoms with E-state index in [1.165, 1.54) is 6.20 Å². The second-order valence-corrected chi connectivity index (χ2v) is 1.91. The van der Waals surface area contributed by atoms with Crippen molar-refractivity contribution in [1.29, 1.82) is 0 Å². The molecule has 0 aliphatic heterocycles. The topological polar surface area (TPSA) is 53.0 Å². The minimum Gasteiger partial charge on any atom is -0.878 e. The molecule has 0 radical (unpaired) electrons. The fourth-order valence-corrected chi connectivity index (χ4v) is 0.667. The van der Waals surface area contributed by atoms with Gasteiger partial charge in [0, 0.05) is 18.0 Å². The number of nitrogens with zero attached hydrogens (tertiary/aromatic N) is 1. The molecule has 0 fully saturated rings. The van der Waals surface area contributed by atoms with Gasteiger partial charge in [0.15, 0.2) is 5.78 Å². The number of pyridine rings is 1. The molecule has 0 bridgehead atoms. The van der Waals surface area contributed by atoms with Crippen LogP contribution in [0.3, 0.4) is 0 Å². The molecule has 56 valence electrons. The van der Waals surface area contributed by atoms with Gasteiger partial charge in [-0.05, 0) is 18.2 Å². The summed E-state index contributed by atoms with van der Waals surface area (Å²) in [5.41, 5.74) is 0.430. The Morgan fingerprint density at radius 1 is 1.58 bits per heavy atom. The number of carbonyl (C=O) groups excluding carboxylic acids is 1. The molecule has 12 heavy (non-hydrogen) atoms. The van der Waals surface area contributed by atoms with E-state index in [9.17, 15) is 9.90 Å². The van der Waals surface area contributed by atoms with Crippen molar-refractivity contribution < 1.29 is 39.5 Å². The molecule has 3 nitrogen and oxygen atoms in total. The number of hydrogen-bond acceptors (Lipinski definition) is 3. The van der Waals surface area contributed by atoms with E-state index in [0.29, 0.717) is 11.8 Å². The van der Waals surface area contributed by atoms with Gasteiger partial charge in [-0.1, -0.05) is 0 Å². The van der Waals surface area contributed by atoms with E-state index in [-0.39, 0.29) is 35.3 Å². The summed E-state index contributed by atoms with van der Waals surface area (Å²) >= 11 is 0. The van der Waals surface area contributed by atoms with Crippen molar-refractivity contribution >= 4 is 5.78 Å². The number of hydrogen-bond donors (Lipinski definition) is 0. The third-order valence-corrected chi connectivity index (χ3v) is 1.17. The van der Waals surface area contributed by atoms with Crippen LogP contribution >= 0.6 is 0 Å². The van der Waals surface area contributed by atoms with Gasteiger partial charge in [-0.2, -0.15) is 0 Å². The van der Waals surface area contributed by atoms with Crippen LogP contribution in [0.15, 0.2) is 36.9 Å². The molecule has 1 heterocycles. The molecule has 0 aliphatic rings. The summed E-state index contributed by atoms with van der Waals surface area (Å²) in [7, 11) is 0. The first kappa shape index (κ1) is 11.4. The van der Waals surface area contributed by atoms with Gasteiger partial charge in [0.2, 0.25) is 0 Å². The predicted molar refractivity (Wildman–Crippen MR) is 37.7 cm³/mol. The predicted octanol–water partition coefficient (Wildman–Crippen LogP) is -2.86. The molecule has 1 aromatic heterocycles. The third kappa shape index (κ3) is 3.17. The zero-order valence-electron chi connectivity index (χ0n) is 6.73. The summed E-state index contributed by atoms with van der Waals surface area (Å²) in [6, 6.07) is 3.25. The first-order chi connectivity index (χ1) is 5.34. The van der Waals surface area contributed by atoms with E-state index in [4.69, 9.17) is 0 Å². The maximum atomic E-state index is 10.9. The number of carbonyl (C=O) groups is 1. The fraction of sp³-hybridized carbons (Fsp3) is 0. The van der Waals surface area contributed by atoms with Crippen LogP contribution in [0.25, 0.3) is 0 Å². The standard InChI is InChI=1S/C8H7NO2.Na/c10-5-3-8(11)7-2-1-4-9-6-7;/h1-6,10H;/q;+1/p-1/b5-3+;. The normalized spacial score (nSPS) is 9.33. The maximum absolute atomic E-state index is 10.9. The van der Waals surface area contributed by atoms with Crippen molar-refractivity contribution in [1.82, 2.24) is 4.98 Å². The van der Waals surface area contributed by atoms with Gasteiger partial charge in [-0.3, -0.25) is 9.78 Å². The third-order valence-electron chi connectivity index (χ3n) is 1.17. The first-order valence-corrected chi connectivity index (χ1v) is 3.07. The number of ketones is 1. The molecule has 1 rings (SSSR count). The van der Waals surface area contributed by atoms with E-state index >= 15 is 0 Å². The zero-order chi connectivity index (χ0) is 8.10. The van der Waals surface area contributed by atoms with E-state index in [1.54, 1.807) is 18.3 Å². The van der Waals surface area contributed by atoms with Crippen molar-refractivity contribution in [3.63, 3.8) is 0 Å². The average Bonchev–Trinajstić information content (AvgIpc) is 2.07. The molecule has 0 aliphatic carbocycles. The molecule has 0 spiro atoms. The van der Waals surface area contributed by atoms with Crippen molar-refractivity contribution in [2.45, 2.75) is 0 Å². The summed E-state index contributed by atoms with van der Waals surface area (Å²) in [4.78, 5) is 14.6. The molecule has 0 unspecified atom stereocenters. The SMILES string of the molecule is O=C(/C=C/[O-])c1cccnc1.[Na+]. The Hall–Kier alpha value is -0.640. The van der Waals surface area contributed by atoms with Crippen LogP contribution in [0, 0.1) is 0 Å². The summed E-state index contributed by atoms with van der Waals surface area (Å²) in [5.74, 6) is -0.312. The van der Waals surface area contributed by atoms with Gasteiger partial charge in [0.1, 0.15) is 0 Å². The Morgan fingerprint density at radius 3 is 2.83 bits per heavy atom. The molecular formula is C8H6NNaO2. The first-order valence-electron chi connectivity index (χ1n) is 3.07. The van der Waals surface area contributed by atoms with Gasteiger partial charge in [0.05, 0.1) is 0 Å². The Kier molecular flexibility index (Phi) is 5.62. The minimum atomic E-state index is -0.312. The average molecular weight is 171 g/mol. The van der Waals surface area contributed by atoms with Crippen LogP contribution in [0.2, 0.25) is 0 Å². The summed E-state index contributed by atoms with van der Waals surface area (Å²) in [5, 5.41) is 9.89. The second kappa shape index (κ2) is 5.94. The van der Waals surface area contributed by atoms with Gasteiger partial charge < -0.3 is 5.11 Å². The number of allylic oxidation sites excluding steroid dienone is 1. The molecule has 0 N–H and O–H groups in total. The maximum Gasteiger partial charge on any atom is 1.00 e. The Morgan fingerprint density at radius 2 is 2.33 bits per heavy atom. The van der Waals surface area contributed by atoms with Crippen molar-refractivity contribution in [2.75, 3.05) is 0 Å². The molecule has 4 heteroatoms. The molecular weight excluding hydrogens is 165 g/mol. The van der Waals surface area contributed by atoms with Crippen LogP contribution in [-0.4, -0.2) is 10.8 Å². The van der Waals surface area contributed by atoms with Crippen molar-refractivity contribution in [3.8, 4) is 0 Å². The largest absolute Gasteiger partial charge is 1.00 e. The second-order valence-electron chi connectivity index (χ2n) is 1.91. The van der Waals surface area contributed by atoms with Crippen LogP contribution in [0.5, 0.6) is 0 Å². The van der Waals surface area contributed by atoms with Gasteiger partial charge in [-0.25, -0.2) is 0 Å². The summed E-state index contributed by atoms with van der Waals surface area (Å²) in [6.07, 6.45) is 4.42. The molecule has 0 saturated carbocycles. The van der Waals surface area contributed by atoms with E-state index < -0.39 is 0 Å². The molecule has 0 saturated heterocycles. The Bertz CT molecular complexity index is 272. The van der Waals surface area contributed by atoms with Crippen LogP contribution in [0.1, 0.15) is 10.4 Å². The fourth-order valence-electron chi connectivity index (χ4n) is 0.667. The van der Waals surface area contributed by atoms with Crippen LogP contribution in [0.4, 0.5) is 0 Å². The van der Waals surface area contributed by atoms with Crippen LogP contribution in [-0.2, 0) is 0 Å². The van der Waals surface area contributed by atoms with Gasteiger partial charge in [-0.15, -0.1) is 6.26 Å². The number of aromatic nitrogens is 1.